The quantitative estimate of drug-likeness (QED) is 0.698. The van der Waals surface area contributed by atoms with Crippen LogP contribution in [-0.4, -0.2) is 10.7 Å². The van der Waals surface area contributed by atoms with E-state index in [1.165, 1.54) is 32.1 Å². The molecule has 0 spiro atoms. The molecule has 0 aliphatic heterocycles. The van der Waals surface area contributed by atoms with Gasteiger partial charge in [-0.15, -0.1) is 0 Å². The molecular weight excluding hydrogens is 196 g/mol. The second kappa shape index (κ2) is 5.53. The van der Waals surface area contributed by atoms with E-state index in [0.717, 1.165) is 25.2 Å². The van der Waals surface area contributed by atoms with E-state index in [1.54, 1.807) is 0 Å². The van der Waals surface area contributed by atoms with Crippen LogP contribution in [0.15, 0.2) is 0 Å². The number of rotatable bonds is 4. The van der Waals surface area contributed by atoms with Crippen molar-refractivity contribution in [3.8, 4) is 0 Å². The average molecular weight is 226 g/mol. The predicted molar refractivity (Wildman–Crippen MR) is 70.5 cm³/mol. The van der Waals surface area contributed by atoms with Crippen LogP contribution in [0.1, 0.15) is 79.1 Å². The summed E-state index contributed by atoms with van der Waals surface area (Å²) in [6.07, 6.45) is 9.23. The molecule has 1 aliphatic carbocycles. The van der Waals surface area contributed by atoms with E-state index < -0.39 is 0 Å². The highest BCUT2D eigenvalue weighted by atomic mass is 16.3. The SMILES string of the molecule is CCCCCC1(O)CCC(C(C)(C)C)CC1. The minimum absolute atomic E-state index is 0.322. The molecule has 0 aromatic rings. The van der Waals surface area contributed by atoms with Crippen LogP contribution >= 0.6 is 0 Å². The normalized spacial score (nSPS) is 31.7. The molecule has 1 nitrogen and oxygen atoms in total. The summed E-state index contributed by atoms with van der Waals surface area (Å²) in [5, 5.41) is 10.5. The van der Waals surface area contributed by atoms with Gasteiger partial charge in [0.15, 0.2) is 0 Å². The molecule has 0 atom stereocenters. The maximum absolute atomic E-state index is 10.5. The second-order valence-corrected chi connectivity index (χ2v) is 6.82. The molecule has 1 aliphatic rings. The molecule has 0 aromatic heterocycles. The van der Waals surface area contributed by atoms with Crippen molar-refractivity contribution in [2.45, 2.75) is 84.7 Å². The zero-order valence-electron chi connectivity index (χ0n) is 11.7. The first kappa shape index (κ1) is 14.0. The van der Waals surface area contributed by atoms with E-state index in [0.29, 0.717) is 5.41 Å². The largest absolute Gasteiger partial charge is 0.390 e. The summed E-state index contributed by atoms with van der Waals surface area (Å²) in [4.78, 5) is 0. The first-order chi connectivity index (χ1) is 7.37. The maximum Gasteiger partial charge on any atom is 0.0648 e. The summed E-state index contributed by atoms with van der Waals surface area (Å²) in [5.74, 6) is 0.805. The third-order valence-electron chi connectivity index (χ3n) is 4.39. The highest BCUT2D eigenvalue weighted by molar-refractivity contribution is 4.88. The van der Waals surface area contributed by atoms with Gasteiger partial charge in [-0.1, -0.05) is 47.0 Å². The Morgan fingerprint density at radius 2 is 1.69 bits per heavy atom. The van der Waals surface area contributed by atoms with Crippen molar-refractivity contribution < 1.29 is 5.11 Å². The minimum Gasteiger partial charge on any atom is -0.390 e. The average Bonchev–Trinajstić information content (AvgIpc) is 2.17. The summed E-state index contributed by atoms with van der Waals surface area (Å²) < 4.78 is 0. The molecule has 0 saturated heterocycles. The fourth-order valence-corrected chi connectivity index (χ4v) is 2.98. The van der Waals surface area contributed by atoms with Crippen molar-refractivity contribution in [2.75, 3.05) is 0 Å². The van der Waals surface area contributed by atoms with Gasteiger partial charge in [0.2, 0.25) is 0 Å². The molecule has 96 valence electrons. The van der Waals surface area contributed by atoms with Crippen molar-refractivity contribution in [2.24, 2.45) is 11.3 Å². The van der Waals surface area contributed by atoms with Gasteiger partial charge in [0.1, 0.15) is 0 Å². The summed E-state index contributed by atoms with van der Waals surface area (Å²) in [6.45, 7) is 9.22. The van der Waals surface area contributed by atoms with Crippen LogP contribution < -0.4 is 0 Å². The first-order valence-corrected chi connectivity index (χ1v) is 7.10. The Morgan fingerprint density at radius 1 is 1.12 bits per heavy atom. The Balaban J connectivity index is 2.35. The monoisotopic (exact) mass is 226 g/mol. The lowest BCUT2D eigenvalue weighted by atomic mass is 9.67. The molecule has 0 radical (unpaired) electrons. The molecule has 16 heavy (non-hydrogen) atoms. The van der Waals surface area contributed by atoms with E-state index in [4.69, 9.17) is 0 Å². The number of hydrogen-bond acceptors (Lipinski definition) is 1. The van der Waals surface area contributed by atoms with E-state index in [9.17, 15) is 5.11 Å². The number of aliphatic hydroxyl groups is 1. The van der Waals surface area contributed by atoms with Gasteiger partial charge in [-0.3, -0.25) is 0 Å². The second-order valence-electron chi connectivity index (χ2n) is 6.82. The fourth-order valence-electron chi connectivity index (χ4n) is 2.98. The van der Waals surface area contributed by atoms with Gasteiger partial charge in [0, 0.05) is 0 Å². The zero-order chi connectivity index (χ0) is 12.2. The Morgan fingerprint density at radius 3 is 2.12 bits per heavy atom. The Labute approximate surface area is 102 Å². The highest BCUT2D eigenvalue weighted by Gasteiger charge is 2.36. The van der Waals surface area contributed by atoms with Crippen LogP contribution in [0.2, 0.25) is 0 Å². The van der Waals surface area contributed by atoms with Crippen molar-refractivity contribution in [3.05, 3.63) is 0 Å². The Kier molecular flexibility index (Phi) is 4.85. The first-order valence-electron chi connectivity index (χ1n) is 7.10. The molecule has 0 bridgehead atoms. The molecule has 0 aromatic carbocycles. The molecule has 0 unspecified atom stereocenters. The molecular formula is C15H30O. The van der Waals surface area contributed by atoms with Gasteiger partial charge in [-0.05, 0) is 43.4 Å². The molecule has 1 fully saturated rings. The lowest BCUT2D eigenvalue weighted by molar-refractivity contribution is -0.0328. The van der Waals surface area contributed by atoms with Crippen LogP contribution in [0, 0.1) is 11.3 Å². The van der Waals surface area contributed by atoms with Gasteiger partial charge in [-0.2, -0.15) is 0 Å². The topological polar surface area (TPSA) is 20.2 Å². The molecule has 0 amide bonds. The third kappa shape index (κ3) is 4.08. The van der Waals surface area contributed by atoms with Crippen molar-refractivity contribution >= 4 is 0 Å². The van der Waals surface area contributed by atoms with Gasteiger partial charge in [-0.25, -0.2) is 0 Å². The summed E-state index contributed by atoms with van der Waals surface area (Å²) in [7, 11) is 0. The van der Waals surface area contributed by atoms with E-state index >= 15 is 0 Å². The van der Waals surface area contributed by atoms with Gasteiger partial charge in [0.05, 0.1) is 5.60 Å². The van der Waals surface area contributed by atoms with E-state index in [1.807, 2.05) is 0 Å². The number of hydrogen-bond donors (Lipinski definition) is 1. The maximum atomic E-state index is 10.5. The van der Waals surface area contributed by atoms with Crippen LogP contribution in [-0.2, 0) is 0 Å². The lowest BCUT2D eigenvalue weighted by Gasteiger charge is -2.41. The smallest absolute Gasteiger partial charge is 0.0648 e. The van der Waals surface area contributed by atoms with Gasteiger partial charge in [0.25, 0.3) is 0 Å². The molecule has 1 heteroatoms. The highest BCUT2D eigenvalue weighted by Crippen LogP contribution is 2.42. The zero-order valence-corrected chi connectivity index (χ0v) is 11.7. The number of unbranched alkanes of at least 4 members (excludes halogenated alkanes) is 2. The van der Waals surface area contributed by atoms with Crippen LogP contribution in [0.25, 0.3) is 0 Å². The molecule has 1 rings (SSSR count). The lowest BCUT2D eigenvalue weighted by Crippen LogP contribution is -2.37. The summed E-state index contributed by atoms with van der Waals surface area (Å²) >= 11 is 0. The van der Waals surface area contributed by atoms with Crippen LogP contribution in [0.5, 0.6) is 0 Å². The van der Waals surface area contributed by atoms with E-state index in [2.05, 4.69) is 27.7 Å². The predicted octanol–water partition coefficient (Wildman–Crippen LogP) is 4.53. The molecule has 1 N–H and O–H groups in total. The van der Waals surface area contributed by atoms with Crippen molar-refractivity contribution in [1.82, 2.24) is 0 Å². The summed E-state index contributed by atoms with van der Waals surface area (Å²) in [5.41, 5.74) is 0.0989. The van der Waals surface area contributed by atoms with Crippen LogP contribution in [0.4, 0.5) is 0 Å². The van der Waals surface area contributed by atoms with Gasteiger partial charge < -0.3 is 5.11 Å². The molecule has 1 saturated carbocycles. The van der Waals surface area contributed by atoms with Gasteiger partial charge >= 0.3 is 0 Å². The third-order valence-corrected chi connectivity index (χ3v) is 4.39. The van der Waals surface area contributed by atoms with E-state index in [-0.39, 0.29) is 5.60 Å². The Hall–Kier alpha value is -0.0400. The fraction of sp³-hybridized carbons (Fsp3) is 1.00. The summed E-state index contributed by atoms with van der Waals surface area (Å²) in [6, 6.07) is 0. The van der Waals surface area contributed by atoms with Crippen LogP contribution in [0.3, 0.4) is 0 Å². The Bertz CT molecular complexity index is 194. The molecule has 0 heterocycles. The standard InChI is InChI=1S/C15H30O/c1-5-6-7-10-15(16)11-8-13(9-12-15)14(2,3)4/h13,16H,5-12H2,1-4H3. The van der Waals surface area contributed by atoms with Crippen molar-refractivity contribution in [3.63, 3.8) is 0 Å². The van der Waals surface area contributed by atoms with Crippen molar-refractivity contribution in [1.29, 1.82) is 0 Å². The minimum atomic E-state index is -0.322.